The lowest BCUT2D eigenvalue weighted by Crippen LogP contribution is -2.60. The standard InChI is InChI=1S/C20H38N6O7/c1-10(2)15(23)18(30)26-16(11(3)27)19(31)24-12(7-8-14(22)28)17(29)25-13(20(32)33)6-4-5-9-21/h10-13,15-16,27H,4-9,21,23H2,1-3H3,(H2,22,28)(H,24,31)(H,25,29)(H,26,30)(H,32,33). The summed E-state index contributed by atoms with van der Waals surface area (Å²) in [6, 6.07) is -4.93. The molecule has 0 aliphatic carbocycles. The number of nitrogens with one attached hydrogen (secondary N) is 3. The van der Waals surface area contributed by atoms with E-state index in [9.17, 15) is 34.2 Å². The predicted octanol–water partition coefficient (Wildman–Crippen LogP) is -2.72. The molecule has 0 heterocycles. The molecular weight excluding hydrogens is 436 g/mol. The number of carboxylic acids is 1. The second-order valence-electron chi connectivity index (χ2n) is 8.25. The van der Waals surface area contributed by atoms with Gasteiger partial charge in [-0.25, -0.2) is 4.79 Å². The fourth-order valence-electron chi connectivity index (χ4n) is 2.80. The van der Waals surface area contributed by atoms with Gasteiger partial charge in [0.05, 0.1) is 12.1 Å². The first-order chi connectivity index (χ1) is 15.3. The topological polar surface area (TPSA) is 240 Å². The SMILES string of the molecule is CC(C)C(N)C(=O)NC(C(=O)NC(CCC(N)=O)C(=O)NC(CCCCN)C(=O)O)C(C)O. The van der Waals surface area contributed by atoms with Gasteiger partial charge in [0, 0.05) is 6.42 Å². The van der Waals surface area contributed by atoms with E-state index < -0.39 is 59.9 Å². The molecule has 0 bridgehead atoms. The Balaban J connectivity index is 5.46. The van der Waals surface area contributed by atoms with Gasteiger partial charge in [0.25, 0.3) is 0 Å². The normalized spacial score (nSPS) is 15.6. The van der Waals surface area contributed by atoms with Crippen molar-refractivity contribution in [2.24, 2.45) is 23.1 Å². The van der Waals surface area contributed by atoms with E-state index in [0.717, 1.165) is 0 Å². The van der Waals surface area contributed by atoms with Crippen LogP contribution in [0.25, 0.3) is 0 Å². The van der Waals surface area contributed by atoms with Crippen LogP contribution in [-0.2, 0) is 24.0 Å². The van der Waals surface area contributed by atoms with Crippen LogP contribution in [0.5, 0.6) is 0 Å². The Kier molecular flexibility index (Phi) is 13.9. The summed E-state index contributed by atoms with van der Waals surface area (Å²) in [5.74, 6) is -4.66. The number of amides is 4. The van der Waals surface area contributed by atoms with Gasteiger partial charge < -0.3 is 43.4 Å². The van der Waals surface area contributed by atoms with E-state index in [2.05, 4.69) is 16.0 Å². The largest absolute Gasteiger partial charge is 0.480 e. The molecule has 0 radical (unpaired) electrons. The minimum atomic E-state index is -1.44. The number of nitrogens with two attached hydrogens (primary N) is 3. The number of hydrogen-bond acceptors (Lipinski definition) is 8. The minimum Gasteiger partial charge on any atom is -0.480 e. The van der Waals surface area contributed by atoms with E-state index in [4.69, 9.17) is 17.2 Å². The maximum absolute atomic E-state index is 12.7. The fraction of sp³-hybridized carbons (Fsp3) is 0.750. The van der Waals surface area contributed by atoms with E-state index in [0.29, 0.717) is 19.4 Å². The lowest BCUT2D eigenvalue weighted by Gasteiger charge is -2.27. The van der Waals surface area contributed by atoms with Crippen molar-refractivity contribution in [1.82, 2.24) is 16.0 Å². The molecule has 13 nitrogen and oxygen atoms in total. The molecule has 0 aromatic carbocycles. The molecule has 0 saturated carbocycles. The van der Waals surface area contributed by atoms with Crippen molar-refractivity contribution in [1.29, 1.82) is 0 Å². The smallest absolute Gasteiger partial charge is 0.326 e. The first kappa shape index (κ1) is 30.2. The predicted molar refractivity (Wildman–Crippen MR) is 119 cm³/mol. The van der Waals surface area contributed by atoms with Gasteiger partial charge in [0.15, 0.2) is 0 Å². The van der Waals surface area contributed by atoms with Crippen LogP contribution in [0.4, 0.5) is 0 Å². The van der Waals surface area contributed by atoms with Gasteiger partial charge in [-0.3, -0.25) is 19.2 Å². The number of aliphatic hydroxyl groups is 1. The zero-order valence-corrected chi connectivity index (χ0v) is 19.4. The average Bonchev–Trinajstić information content (AvgIpc) is 2.72. The number of carbonyl (C=O) groups excluding carboxylic acids is 4. The van der Waals surface area contributed by atoms with Crippen LogP contribution >= 0.6 is 0 Å². The highest BCUT2D eigenvalue weighted by molar-refractivity contribution is 5.94. The first-order valence-electron chi connectivity index (χ1n) is 10.9. The average molecular weight is 475 g/mol. The summed E-state index contributed by atoms with van der Waals surface area (Å²) in [7, 11) is 0. The number of hydrogen-bond donors (Lipinski definition) is 8. The Morgan fingerprint density at radius 3 is 1.88 bits per heavy atom. The highest BCUT2D eigenvalue weighted by Crippen LogP contribution is 2.06. The molecular formula is C20H38N6O7. The molecule has 0 fully saturated rings. The Labute approximate surface area is 193 Å². The van der Waals surface area contributed by atoms with Gasteiger partial charge in [-0.2, -0.15) is 0 Å². The monoisotopic (exact) mass is 474 g/mol. The molecule has 190 valence electrons. The van der Waals surface area contributed by atoms with Gasteiger partial charge in [-0.05, 0) is 45.1 Å². The molecule has 4 amide bonds. The van der Waals surface area contributed by atoms with Crippen LogP contribution < -0.4 is 33.2 Å². The van der Waals surface area contributed by atoms with Crippen molar-refractivity contribution in [3.63, 3.8) is 0 Å². The van der Waals surface area contributed by atoms with E-state index >= 15 is 0 Å². The summed E-state index contributed by atoms with van der Waals surface area (Å²) in [6.45, 7) is 5.04. The van der Waals surface area contributed by atoms with Gasteiger partial charge in [-0.15, -0.1) is 0 Å². The number of aliphatic carboxylic acids is 1. The van der Waals surface area contributed by atoms with E-state index in [1.807, 2.05) is 0 Å². The Morgan fingerprint density at radius 1 is 0.848 bits per heavy atom. The number of unbranched alkanes of at least 4 members (excludes halogenated alkanes) is 1. The van der Waals surface area contributed by atoms with Crippen molar-refractivity contribution in [3.05, 3.63) is 0 Å². The molecule has 0 rings (SSSR count). The van der Waals surface area contributed by atoms with Crippen LogP contribution in [0.2, 0.25) is 0 Å². The lowest BCUT2D eigenvalue weighted by molar-refractivity contribution is -0.142. The van der Waals surface area contributed by atoms with Crippen LogP contribution in [0, 0.1) is 5.92 Å². The zero-order valence-electron chi connectivity index (χ0n) is 19.4. The van der Waals surface area contributed by atoms with Crippen molar-refractivity contribution in [3.8, 4) is 0 Å². The summed E-state index contributed by atoms with van der Waals surface area (Å²) in [4.78, 5) is 60.4. The van der Waals surface area contributed by atoms with E-state index in [1.54, 1.807) is 13.8 Å². The summed E-state index contributed by atoms with van der Waals surface area (Å²) in [5, 5.41) is 26.4. The molecule has 5 atom stereocenters. The van der Waals surface area contributed by atoms with Crippen LogP contribution in [0.15, 0.2) is 0 Å². The third kappa shape index (κ3) is 11.6. The second kappa shape index (κ2) is 15.1. The summed E-state index contributed by atoms with van der Waals surface area (Å²) >= 11 is 0. The molecule has 5 unspecified atom stereocenters. The van der Waals surface area contributed by atoms with E-state index in [1.165, 1.54) is 6.92 Å². The Bertz CT molecular complexity index is 686. The van der Waals surface area contributed by atoms with Crippen molar-refractivity contribution in [2.45, 2.75) is 83.1 Å². The molecule has 0 aromatic rings. The number of primary amides is 1. The van der Waals surface area contributed by atoms with Gasteiger partial charge in [0.2, 0.25) is 23.6 Å². The number of carboxylic acid groups (broad SMARTS) is 1. The molecule has 33 heavy (non-hydrogen) atoms. The maximum Gasteiger partial charge on any atom is 0.326 e. The second-order valence-corrected chi connectivity index (χ2v) is 8.25. The maximum atomic E-state index is 12.7. The fourth-order valence-corrected chi connectivity index (χ4v) is 2.80. The van der Waals surface area contributed by atoms with Crippen molar-refractivity contribution < 1.29 is 34.2 Å². The molecule has 0 aliphatic rings. The minimum absolute atomic E-state index is 0.119. The summed E-state index contributed by atoms with van der Waals surface area (Å²) in [5.41, 5.74) is 16.3. The number of carbonyl (C=O) groups is 5. The quantitative estimate of drug-likeness (QED) is 0.108. The zero-order chi connectivity index (χ0) is 25.7. The summed E-state index contributed by atoms with van der Waals surface area (Å²) in [6.07, 6.45) is -0.681. The summed E-state index contributed by atoms with van der Waals surface area (Å²) < 4.78 is 0. The third-order valence-electron chi connectivity index (χ3n) is 4.96. The molecule has 0 aromatic heterocycles. The first-order valence-corrected chi connectivity index (χ1v) is 10.9. The van der Waals surface area contributed by atoms with Crippen molar-refractivity contribution in [2.75, 3.05) is 6.54 Å². The molecule has 11 N–H and O–H groups in total. The van der Waals surface area contributed by atoms with Crippen LogP contribution in [-0.4, -0.2) is 76.6 Å². The Morgan fingerprint density at radius 2 is 1.42 bits per heavy atom. The third-order valence-corrected chi connectivity index (χ3v) is 4.96. The van der Waals surface area contributed by atoms with Gasteiger partial charge in [-0.1, -0.05) is 13.8 Å². The number of aliphatic hydroxyl groups excluding tert-OH is 1. The van der Waals surface area contributed by atoms with Crippen LogP contribution in [0.1, 0.15) is 52.9 Å². The van der Waals surface area contributed by atoms with Crippen LogP contribution in [0.3, 0.4) is 0 Å². The number of rotatable bonds is 16. The van der Waals surface area contributed by atoms with Crippen molar-refractivity contribution >= 4 is 29.6 Å². The van der Waals surface area contributed by atoms with Gasteiger partial charge >= 0.3 is 5.97 Å². The molecule has 0 spiro atoms. The van der Waals surface area contributed by atoms with E-state index in [-0.39, 0.29) is 25.2 Å². The highest BCUT2D eigenvalue weighted by atomic mass is 16.4. The molecule has 0 saturated heterocycles. The Hall–Kier alpha value is -2.77. The molecule has 13 heteroatoms. The lowest BCUT2D eigenvalue weighted by atomic mass is 10.0. The molecule has 0 aliphatic heterocycles. The van der Waals surface area contributed by atoms with Gasteiger partial charge in [0.1, 0.15) is 18.1 Å². The highest BCUT2D eigenvalue weighted by Gasteiger charge is 2.32.